The Labute approximate surface area is 427 Å². The number of benzene rings is 6. The van der Waals surface area contributed by atoms with E-state index in [1.165, 1.54) is 34.1 Å². The van der Waals surface area contributed by atoms with Crippen LogP contribution in [0, 0.1) is 18.6 Å². The first-order valence-electron chi connectivity index (χ1n) is 24.3. The first-order chi connectivity index (χ1) is 35.8. The second kappa shape index (κ2) is 21.6. The fraction of sp³-hybridized carbons (Fsp3) is 0.220. The Morgan fingerprint density at radius 1 is 0.649 bits per heavy atom. The van der Waals surface area contributed by atoms with Crippen LogP contribution in [0.3, 0.4) is 0 Å². The van der Waals surface area contributed by atoms with E-state index >= 15 is 0 Å². The van der Waals surface area contributed by atoms with Crippen LogP contribution < -0.4 is 14.5 Å². The Bertz CT molecular complexity index is 3360. The van der Waals surface area contributed by atoms with Crippen molar-refractivity contribution in [3.63, 3.8) is 0 Å². The van der Waals surface area contributed by atoms with Crippen molar-refractivity contribution in [2.45, 2.75) is 59.5 Å². The molecule has 0 N–H and O–H groups in total. The van der Waals surface area contributed by atoms with Crippen molar-refractivity contribution in [2.75, 3.05) is 37.1 Å². The van der Waals surface area contributed by atoms with E-state index in [-0.39, 0.29) is 55.8 Å². The van der Waals surface area contributed by atoms with Crippen LogP contribution in [0.2, 0.25) is 0 Å². The minimum atomic E-state index is -0.542. The monoisotopic (exact) mass is 996 g/mol. The first-order valence-corrected chi connectivity index (χ1v) is 24.3. The molecule has 0 bridgehead atoms. The Morgan fingerprint density at radius 2 is 1.15 bits per heavy atom. The van der Waals surface area contributed by atoms with Gasteiger partial charge in [0.2, 0.25) is 0 Å². The fourth-order valence-corrected chi connectivity index (χ4v) is 9.87. The summed E-state index contributed by atoms with van der Waals surface area (Å²) in [4.78, 5) is 68.9. The SMILES string of the molecule is CCOC(=O)N(C)c1c2c(c(C)c3ncccc13)C(=O)N(Cc1ccc(F)cc1)C2C.CCOC(=O)N(C)c1c2c(c(OC(c3ccccc3)c3ccccc3)c3ncccc13)C(=O)N(Cc1ccc(F)cc1)C2. The number of anilines is 2. The van der Waals surface area contributed by atoms with Crippen LogP contribution in [-0.2, 0) is 29.1 Å². The molecule has 4 amide bonds. The van der Waals surface area contributed by atoms with Gasteiger partial charge in [0.15, 0.2) is 5.75 Å². The minimum absolute atomic E-state index is 0.129. The van der Waals surface area contributed by atoms with Gasteiger partial charge in [0.1, 0.15) is 23.3 Å². The number of aryl methyl sites for hydroxylation is 1. The topological polar surface area (TPSA) is 135 Å². The maximum Gasteiger partial charge on any atom is 0.414 e. The summed E-state index contributed by atoms with van der Waals surface area (Å²) in [7, 11) is 3.28. The molecule has 74 heavy (non-hydrogen) atoms. The maximum absolute atomic E-state index is 14.3. The van der Waals surface area contributed by atoms with Crippen molar-refractivity contribution < 1.29 is 42.2 Å². The third-order valence-corrected chi connectivity index (χ3v) is 13.4. The van der Waals surface area contributed by atoms with Crippen molar-refractivity contribution in [3.05, 3.63) is 208 Å². The van der Waals surface area contributed by atoms with E-state index in [1.807, 2.05) is 92.7 Å². The molecule has 0 aliphatic carbocycles. The summed E-state index contributed by atoms with van der Waals surface area (Å²) in [6, 6.07) is 38.9. The quantitative estimate of drug-likeness (QED) is 0.117. The summed E-state index contributed by atoms with van der Waals surface area (Å²) in [5, 5.41) is 1.45. The molecule has 13 nitrogen and oxygen atoms in total. The zero-order valence-electron chi connectivity index (χ0n) is 41.8. The molecular formula is C59H54F2N6O7. The van der Waals surface area contributed by atoms with E-state index in [9.17, 15) is 28.0 Å². The maximum atomic E-state index is 14.3. The smallest absolute Gasteiger partial charge is 0.414 e. The summed E-state index contributed by atoms with van der Waals surface area (Å²) in [6.07, 6.45) is 1.75. The molecule has 0 saturated carbocycles. The summed E-state index contributed by atoms with van der Waals surface area (Å²) in [6.45, 7) is 8.57. The molecule has 0 fully saturated rings. The lowest BCUT2D eigenvalue weighted by atomic mass is 9.94. The van der Waals surface area contributed by atoms with Gasteiger partial charge in [0.05, 0.1) is 47.3 Å². The van der Waals surface area contributed by atoms with Gasteiger partial charge in [0.25, 0.3) is 11.8 Å². The van der Waals surface area contributed by atoms with Gasteiger partial charge in [-0.25, -0.2) is 18.4 Å². The zero-order chi connectivity index (χ0) is 52.2. The van der Waals surface area contributed by atoms with Gasteiger partial charge >= 0.3 is 12.2 Å². The van der Waals surface area contributed by atoms with Crippen molar-refractivity contribution in [2.24, 2.45) is 0 Å². The number of hydrogen-bond acceptors (Lipinski definition) is 9. The van der Waals surface area contributed by atoms with Crippen LogP contribution in [0.1, 0.15) is 92.6 Å². The van der Waals surface area contributed by atoms with E-state index in [2.05, 4.69) is 9.97 Å². The third-order valence-electron chi connectivity index (χ3n) is 13.4. The molecule has 15 heteroatoms. The zero-order valence-corrected chi connectivity index (χ0v) is 41.8. The number of halogens is 2. The Hall–Kier alpha value is -8.72. The van der Waals surface area contributed by atoms with Gasteiger partial charge in [-0.05, 0) is 104 Å². The molecule has 1 atom stereocenters. The molecular weight excluding hydrogens is 943 g/mol. The third kappa shape index (κ3) is 9.67. The molecule has 1 unspecified atom stereocenters. The number of nitrogens with zero attached hydrogens (tertiary/aromatic N) is 6. The first kappa shape index (κ1) is 50.2. The molecule has 6 aromatic carbocycles. The fourth-order valence-electron chi connectivity index (χ4n) is 9.87. The Kier molecular flexibility index (Phi) is 14.6. The Balaban J connectivity index is 0.000000192. The van der Waals surface area contributed by atoms with Gasteiger partial charge in [-0.15, -0.1) is 0 Å². The number of rotatable bonds is 12. The highest BCUT2D eigenvalue weighted by atomic mass is 19.1. The van der Waals surface area contributed by atoms with Crippen molar-refractivity contribution in [1.82, 2.24) is 19.8 Å². The lowest BCUT2D eigenvalue weighted by Gasteiger charge is -2.26. The lowest BCUT2D eigenvalue weighted by Crippen LogP contribution is -2.29. The molecule has 0 spiro atoms. The highest BCUT2D eigenvalue weighted by Gasteiger charge is 2.41. The number of amides is 4. The number of carbonyl (C=O) groups excluding carboxylic acids is 4. The molecule has 2 aromatic heterocycles. The predicted molar refractivity (Wildman–Crippen MR) is 279 cm³/mol. The normalized spacial score (nSPS) is 13.7. The minimum Gasteiger partial charge on any atom is -0.478 e. The molecule has 376 valence electrons. The average Bonchev–Trinajstić information content (AvgIpc) is 3.86. The number of hydrogen-bond donors (Lipinski definition) is 0. The van der Waals surface area contributed by atoms with Crippen LogP contribution in [0.4, 0.5) is 29.7 Å². The van der Waals surface area contributed by atoms with Crippen LogP contribution in [0.5, 0.6) is 5.75 Å². The van der Waals surface area contributed by atoms with Gasteiger partial charge in [-0.3, -0.25) is 29.4 Å². The number of carbonyl (C=O) groups is 4. The number of fused-ring (bicyclic) bond motifs is 4. The average molecular weight is 997 g/mol. The summed E-state index contributed by atoms with van der Waals surface area (Å²) in [5.41, 5.74) is 8.83. The molecule has 2 aliphatic rings. The largest absolute Gasteiger partial charge is 0.478 e. The predicted octanol–water partition coefficient (Wildman–Crippen LogP) is 12.3. The van der Waals surface area contributed by atoms with Gasteiger partial charge in [0, 0.05) is 68.0 Å². The molecule has 2 aliphatic heterocycles. The van der Waals surface area contributed by atoms with Gasteiger partial charge in [-0.1, -0.05) is 84.9 Å². The summed E-state index contributed by atoms with van der Waals surface area (Å²) < 4.78 is 44.4. The van der Waals surface area contributed by atoms with E-state index in [0.29, 0.717) is 56.8 Å². The molecule has 8 aromatic rings. The molecule has 4 heterocycles. The highest BCUT2D eigenvalue weighted by Crippen LogP contribution is 2.48. The van der Waals surface area contributed by atoms with E-state index in [0.717, 1.165) is 38.8 Å². The van der Waals surface area contributed by atoms with Crippen LogP contribution in [0.15, 0.2) is 146 Å². The van der Waals surface area contributed by atoms with Crippen LogP contribution >= 0.6 is 0 Å². The van der Waals surface area contributed by atoms with E-state index in [1.54, 1.807) is 80.5 Å². The van der Waals surface area contributed by atoms with Crippen molar-refractivity contribution in [3.8, 4) is 5.75 Å². The van der Waals surface area contributed by atoms with Crippen molar-refractivity contribution >= 4 is 57.2 Å². The van der Waals surface area contributed by atoms with E-state index < -0.39 is 18.3 Å². The molecule has 0 saturated heterocycles. The second-order valence-corrected chi connectivity index (χ2v) is 18.0. The van der Waals surface area contributed by atoms with Gasteiger partial charge in [-0.2, -0.15) is 0 Å². The summed E-state index contributed by atoms with van der Waals surface area (Å²) in [5.74, 6) is -0.718. The molecule has 0 radical (unpaired) electrons. The standard InChI is InChI=1S/C35H30FN3O4.C24H24FN3O3/c1-3-42-35(41)38(2)31-27-15-10-20-37-30(27)33(43-32(24-11-6-4-7-12-24)25-13-8-5-9-14-25)29-28(31)22-39(34(29)40)21-23-16-18-26(36)19-17-23;1-5-31-24(30)27(4)22-18-7-6-12-26-21(18)14(2)19-20(22)15(3)28(23(19)29)13-16-8-10-17(25)11-9-16/h4-20,32H,3,21-22H2,1-2H3;6-12,15H,5,13H2,1-4H3. The van der Waals surface area contributed by atoms with Crippen LogP contribution in [0.25, 0.3) is 21.8 Å². The number of ether oxygens (including phenoxy) is 3. The molecule has 10 rings (SSSR count). The lowest BCUT2D eigenvalue weighted by molar-refractivity contribution is 0.0721. The second-order valence-electron chi connectivity index (χ2n) is 18.0. The van der Waals surface area contributed by atoms with Crippen LogP contribution in [-0.4, -0.2) is 71.1 Å². The van der Waals surface area contributed by atoms with Gasteiger partial charge < -0.3 is 24.0 Å². The van der Waals surface area contributed by atoms with E-state index in [4.69, 9.17) is 14.2 Å². The number of aromatic nitrogens is 2. The number of pyridine rings is 2. The van der Waals surface area contributed by atoms with Crippen molar-refractivity contribution in [1.29, 1.82) is 0 Å². The summed E-state index contributed by atoms with van der Waals surface area (Å²) >= 11 is 0. The Morgan fingerprint density at radius 3 is 1.69 bits per heavy atom. The highest BCUT2D eigenvalue weighted by molar-refractivity contribution is 6.14.